The lowest BCUT2D eigenvalue weighted by molar-refractivity contribution is 0.474. The van der Waals surface area contributed by atoms with Crippen LogP contribution in [-0.2, 0) is 0 Å². The molecule has 2 aromatic rings. The maximum absolute atomic E-state index is 9.59. The molecule has 86 valence electrons. The number of phenols is 1. The topological polar surface area (TPSA) is 32.6 Å². The fourth-order valence-electron chi connectivity index (χ4n) is 1.33. The third kappa shape index (κ3) is 3.22. The zero-order valence-corrected chi connectivity index (χ0v) is 10.3. The highest BCUT2D eigenvalue weighted by atomic mass is 35.5. The molecule has 0 saturated carbocycles. The molecule has 17 heavy (non-hydrogen) atoms. The number of nitrogens with zero attached hydrogens (tertiary/aromatic N) is 1. The summed E-state index contributed by atoms with van der Waals surface area (Å²) in [6.45, 7) is 0. The quantitative estimate of drug-likeness (QED) is 0.800. The highest BCUT2D eigenvalue weighted by Gasteiger charge is 1.99. The van der Waals surface area contributed by atoms with E-state index >= 15 is 0 Å². The summed E-state index contributed by atoms with van der Waals surface area (Å²) in [7, 11) is 0. The van der Waals surface area contributed by atoms with Gasteiger partial charge in [-0.25, -0.2) is 0 Å². The summed E-state index contributed by atoms with van der Waals surface area (Å²) >= 11 is 11.7. The standard InChI is InChI=1S/C13H9Cl2NO/c14-10-2-1-3-12(7-10)16-8-9-6-11(15)4-5-13(9)17/h1-8,17H. The molecule has 0 amide bonds. The van der Waals surface area contributed by atoms with Crippen LogP contribution in [0.3, 0.4) is 0 Å². The first kappa shape index (κ1) is 12.0. The van der Waals surface area contributed by atoms with E-state index in [4.69, 9.17) is 23.2 Å². The van der Waals surface area contributed by atoms with Gasteiger partial charge in [0.2, 0.25) is 0 Å². The minimum Gasteiger partial charge on any atom is -0.507 e. The second-order valence-electron chi connectivity index (χ2n) is 3.44. The van der Waals surface area contributed by atoms with Crippen molar-refractivity contribution >= 4 is 35.1 Å². The number of aliphatic imine (C=N–C) groups is 1. The second-order valence-corrected chi connectivity index (χ2v) is 4.31. The molecule has 0 aliphatic rings. The van der Waals surface area contributed by atoms with Crippen LogP contribution in [0.25, 0.3) is 0 Å². The maximum atomic E-state index is 9.59. The molecule has 2 aromatic carbocycles. The minimum atomic E-state index is 0.139. The van der Waals surface area contributed by atoms with E-state index in [9.17, 15) is 5.11 Å². The predicted octanol–water partition coefficient (Wildman–Crippen LogP) is 4.45. The summed E-state index contributed by atoms with van der Waals surface area (Å²) < 4.78 is 0. The summed E-state index contributed by atoms with van der Waals surface area (Å²) in [4.78, 5) is 4.21. The number of phenolic OH excluding ortho intramolecular Hbond substituents is 1. The zero-order chi connectivity index (χ0) is 12.3. The van der Waals surface area contributed by atoms with E-state index in [1.165, 1.54) is 6.07 Å². The van der Waals surface area contributed by atoms with Gasteiger partial charge in [-0.05, 0) is 36.4 Å². The Morgan fingerprint density at radius 3 is 2.53 bits per heavy atom. The Bertz CT molecular complexity index is 567. The van der Waals surface area contributed by atoms with E-state index < -0.39 is 0 Å². The maximum Gasteiger partial charge on any atom is 0.124 e. The van der Waals surface area contributed by atoms with Crippen molar-refractivity contribution in [1.82, 2.24) is 0 Å². The van der Waals surface area contributed by atoms with Crippen molar-refractivity contribution in [3.8, 4) is 5.75 Å². The summed E-state index contributed by atoms with van der Waals surface area (Å²) in [5, 5.41) is 10.8. The van der Waals surface area contributed by atoms with Crippen LogP contribution in [0, 0.1) is 0 Å². The third-order valence-corrected chi connectivity index (χ3v) is 2.62. The van der Waals surface area contributed by atoms with Gasteiger partial charge in [-0.15, -0.1) is 0 Å². The summed E-state index contributed by atoms with van der Waals surface area (Å²) in [6.07, 6.45) is 1.55. The summed E-state index contributed by atoms with van der Waals surface area (Å²) in [6, 6.07) is 11.9. The molecule has 0 spiro atoms. The zero-order valence-electron chi connectivity index (χ0n) is 8.77. The number of hydrogen-bond acceptors (Lipinski definition) is 2. The van der Waals surface area contributed by atoms with Crippen LogP contribution in [0.5, 0.6) is 5.75 Å². The molecular formula is C13H9Cl2NO. The second kappa shape index (κ2) is 5.21. The Labute approximate surface area is 109 Å². The molecule has 0 saturated heterocycles. The van der Waals surface area contributed by atoms with Crippen molar-refractivity contribution < 1.29 is 5.11 Å². The lowest BCUT2D eigenvalue weighted by Crippen LogP contribution is -1.82. The van der Waals surface area contributed by atoms with Gasteiger partial charge < -0.3 is 5.11 Å². The molecular weight excluding hydrogens is 257 g/mol. The summed E-state index contributed by atoms with van der Waals surface area (Å²) in [5.74, 6) is 0.139. The van der Waals surface area contributed by atoms with Gasteiger partial charge in [0.15, 0.2) is 0 Å². The molecule has 2 rings (SSSR count). The van der Waals surface area contributed by atoms with E-state index in [1.54, 1.807) is 30.5 Å². The molecule has 0 atom stereocenters. The van der Waals surface area contributed by atoms with Crippen molar-refractivity contribution in [3.63, 3.8) is 0 Å². The summed E-state index contributed by atoms with van der Waals surface area (Å²) in [5.41, 5.74) is 1.29. The van der Waals surface area contributed by atoms with Crippen LogP contribution in [-0.4, -0.2) is 11.3 Å². The van der Waals surface area contributed by atoms with E-state index in [0.29, 0.717) is 15.6 Å². The van der Waals surface area contributed by atoms with E-state index in [0.717, 1.165) is 5.69 Å². The molecule has 0 aliphatic heterocycles. The minimum absolute atomic E-state index is 0.139. The first-order valence-corrected chi connectivity index (χ1v) is 5.69. The Kier molecular flexibility index (Phi) is 3.67. The van der Waals surface area contributed by atoms with Gasteiger partial charge in [0.25, 0.3) is 0 Å². The van der Waals surface area contributed by atoms with E-state index in [1.807, 2.05) is 12.1 Å². The molecule has 0 radical (unpaired) electrons. The van der Waals surface area contributed by atoms with Crippen LogP contribution in [0.2, 0.25) is 10.0 Å². The van der Waals surface area contributed by atoms with Gasteiger partial charge in [0.05, 0.1) is 5.69 Å². The van der Waals surface area contributed by atoms with Crippen LogP contribution in [0.1, 0.15) is 5.56 Å². The van der Waals surface area contributed by atoms with Crippen molar-refractivity contribution in [2.45, 2.75) is 0 Å². The van der Waals surface area contributed by atoms with Crippen LogP contribution < -0.4 is 0 Å². The Morgan fingerprint density at radius 1 is 1.00 bits per heavy atom. The van der Waals surface area contributed by atoms with Gasteiger partial charge in [0, 0.05) is 21.8 Å². The van der Waals surface area contributed by atoms with Gasteiger partial charge in [-0.2, -0.15) is 0 Å². The molecule has 0 aromatic heterocycles. The van der Waals surface area contributed by atoms with Crippen molar-refractivity contribution in [2.24, 2.45) is 4.99 Å². The first-order valence-electron chi connectivity index (χ1n) is 4.93. The van der Waals surface area contributed by atoms with Gasteiger partial charge >= 0.3 is 0 Å². The lowest BCUT2D eigenvalue weighted by atomic mass is 10.2. The fraction of sp³-hybridized carbons (Fsp3) is 0. The molecule has 0 aliphatic carbocycles. The Morgan fingerprint density at radius 2 is 1.76 bits per heavy atom. The van der Waals surface area contributed by atoms with Crippen LogP contribution in [0.15, 0.2) is 47.5 Å². The highest BCUT2D eigenvalue weighted by molar-refractivity contribution is 6.31. The molecule has 4 heteroatoms. The normalized spacial score (nSPS) is 10.9. The smallest absolute Gasteiger partial charge is 0.124 e. The predicted molar refractivity (Wildman–Crippen MR) is 71.8 cm³/mol. The van der Waals surface area contributed by atoms with Crippen molar-refractivity contribution in [3.05, 3.63) is 58.1 Å². The Hall–Kier alpha value is -1.51. The molecule has 0 heterocycles. The Balaban J connectivity index is 2.29. The monoisotopic (exact) mass is 265 g/mol. The SMILES string of the molecule is Oc1ccc(Cl)cc1C=Nc1cccc(Cl)c1. The number of aromatic hydroxyl groups is 1. The number of halogens is 2. The first-order chi connectivity index (χ1) is 8.15. The molecule has 0 bridgehead atoms. The largest absolute Gasteiger partial charge is 0.507 e. The average Bonchev–Trinajstić information content (AvgIpc) is 2.30. The van der Waals surface area contributed by atoms with Crippen LogP contribution >= 0.6 is 23.2 Å². The van der Waals surface area contributed by atoms with E-state index in [2.05, 4.69) is 4.99 Å². The van der Waals surface area contributed by atoms with Crippen molar-refractivity contribution in [1.29, 1.82) is 0 Å². The fourth-order valence-corrected chi connectivity index (χ4v) is 1.69. The highest BCUT2D eigenvalue weighted by Crippen LogP contribution is 2.22. The third-order valence-electron chi connectivity index (χ3n) is 2.15. The molecule has 0 fully saturated rings. The number of rotatable bonds is 2. The average molecular weight is 266 g/mol. The van der Waals surface area contributed by atoms with E-state index in [-0.39, 0.29) is 5.75 Å². The van der Waals surface area contributed by atoms with Gasteiger partial charge in [0.1, 0.15) is 5.75 Å². The number of hydrogen-bond donors (Lipinski definition) is 1. The number of benzene rings is 2. The van der Waals surface area contributed by atoms with Gasteiger partial charge in [-0.3, -0.25) is 4.99 Å². The molecule has 1 N–H and O–H groups in total. The molecule has 2 nitrogen and oxygen atoms in total. The van der Waals surface area contributed by atoms with Crippen LogP contribution in [0.4, 0.5) is 5.69 Å². The van der Waals surface area contributed by atoms with Crippen molar-refractivity contribution in [2.75, 3.05) is 0 Å². The van der Waals surface area contributed by atoms with Gasteiger partial charge in [-0.1, -0.05) is 29.3 Å². The lowest BCUT2D eigenvalue weighted by Gasteiger charge is -1.99. The molecule has 0 unspecified atom stereocenters.